The van der Waals surface area contributed by atoms with Gasteiger partial charge in [-0.05, 0) is 18.6 Å². The third-order valence-corrected chi connectivity index (χ3v) is 5.41. The van der Waals surface area contributed by atoms with Crippen molar-refractivity contribution in [2.24, 2.45) is 0 Å². The van der Waals surface area contributed by atoms with E-state index in [1.807, 2.05) is 0 Å². The Hall–Kier alpha value is -3.39. The maximum absolute atomic E-state index is 13.1. The Balaban J connectivity index is 2.50. The fourth-order valence-electron chi connectivity index (χ4n) is 3.34. The summed E-state index contributed by atoms with van der Waals surface area (Å²) in [7, 11) is 4.44. The Bertz CT molecular complexity index is 912. The average Bonchev–Trinajstić information content (AvgIpc) is 2.95. The highest BCUT2D eigenvalue weighted by molar-refractivity contribution is 6.04. The fraction of sp³-hybridized carbons (Fsp3) is 0.577. The van der Waals surface area contributed by atoms with Crippen molar-refractivity contribution in [1.82, 2.24) is 15.5 Å². The highest BCUT2D eigenvalue weighted by Crippen LogP contribution is 2.23. The smallest absolute Gasteiger partial charge is 0.258 e. The molecule has 1 aromatic rings. The zero-order valence-corrected chi connectivity index (χ0v) is 22.8. The largest absolute Gasteiger partial charge is 0.483 e. The molecule has 0 aliphatic rings. The van der Waals surface area contributed by atoms with Crippen molar-refractivity contribution in [3.05, 3.63) is 29.3 Å². The summed E-state index contributed by atoms with van der Waals surface area (Å²) in [6.07, 6.45) is 1.32. The highest BCUT2D eigenvalue weighted by atomic mass is 16.6. The van der Waals surface area contributed by atoms with Crippen LogP contribution in [-0.2, 0) is 33.3 Å². The van der Waals surface area contributed by atoms with Gasteiger partial charge in [0.25, 0.3) is 11.8 Å². The van der Waals surface area contributed by atoms with Crippen LogP contribution in [0.2, 0.25) is 0 Å². The van der Waals surface area contributed by atoms with Crippen LogP contribution >= 0.6 is 0 Å². The molecule has 0 heterocycles. The quantitative estimate of drug-likeness (QED) is 0.146. The van der Waals surface area contributed by atoms with Gasteiger partial charge in [0.2, 0.25) is 5.91 Å². The van der Waals surface area contributed by atoms with Crippen LogP contribution in [-0.4, -0.2) is 122 Å². The summed E-state index contributed by atoms with van der Waals surface area (Å²) < 4.78 is 26.4. The van der Waals surface area contributed by atoms with Gasteiger partial charge in [0.15, 0.2) is 12.9 Å². The number of rotatable bonds is 22. The normalized spacial score (nSPS) is 11.4. The van der Waals surface area contributed by atoms with E-state index in [2.05, 4.69) is 10.6 Å². The minimum atomic E-state index is -0.906. The SMILES string of the molecule is CNC(=O)C(CCC=O)N(C)C(=O)c1cccc(OCC(=O)NCCOCCOCCOCCOC)c1C=O. The van der Waals surface area contributed by atoms with E-state index in [-0.39, 0.29) is 49.5 Å². The molecule has 0 radical (unpaired) electrons. The number of carbonyl (C=O) groups excluding carboxylic acids is 5. The highest BCUT2D eigenvalue weighted by Gasteiger charge is 2.28. The molecule has 1 aromatic carbocycles. The van der Waals surface area contributed by atoms with Gasteiger partial charge in [0.05, 0.1) is 57.4 Å². The molecular weight excluding hydrogens is 514 g/mol. The molecule has 13 nitrogen and oxygen atoms in total. The molecule has 1 atom stereocenters. The molecular formula is C26H39N3O10. The van der Waals surface area contributed by atoms with Crippen molar-refractivity contribution in [2.45, 2.75) is 18.9 Å². The Kier molecular flexibility index (Phi) is 17.7. The van der Waals surface area contributed by atoms with E-state index in [1.165, 1.54) is 37.2 Å². The number of aldehydes is 2. The molecule has 0 bridgehead atoms. The molecule has 1 unspecified atom stereocenters. The summed E-state index contributed by atoms with van der Waals surface area (Å²) in [4.78, 5) is 61.3. The van der Waals surface area contributed by atoms with Gasteiger partial charge in [0, 0.05) is 34.2 Å². The molecule has 0 fully saturated rings. The molecule has 39 heavy (non-hydrogen) atoms. The number of likely N-dealkylation sites (N-methyl/N-ethyl adjacent to an activating group) is 2. The second-order valence-electron chi connectivity index (χ2n) is 8.09. The second-order valence-corrected chi connectivity index (χ2v) is 8.09. The lowest BCUT2D eigenvalue weighted by Crippen LogP contribution is -2.47. The van der Waals surface area contributed by atoms with Crippen molar-refractivity contribution in [3.63, 3.8) is 0 Å². The predicted molar refractivity (Wildman–Crippen MR) is 140 cm³/mol. The molecule has 0 aliphatic heterocycles. The van der Waals surface area contributed by atoms with Crippen molar-refractivity contribution >= 4 is 30.3 Å². The monoisotopic (exact) mass is 553 g/mol. The number of carbonyl (C=O) groups is 5. The van der Waals surface area contributed by atoms with Crippen molar-refractivity contribution in [2.75, 3.05) is 80.6 Å². The first-order chi connectivity index (χ1) is 18.9. The van der Waals surface area contributed by atoms with Gasteiger partial charge in [-0.1, -0.05) is 6.07 Å². The molecule has 3 amide bonds. The number of nitrogens with zero attached hydrogens (tertiary/aromatic N) is 1. The standard InChI is InChI=1S/C26H39N3O10/c1-27-25(33)22(7-5-10-30)29(2)26(34)20-6-4-8-23(21(20)18-31)39-19-24(32)28-9-11-36-14-15-38-17-16-37-13-12-35-3/h4,6,8,10,18,22H,5,7,9,11-17,19H2,1-3H3,(H,27,33)(H,28,32). The molecule has 13 heteroatoms. The van der Waals surface area contributed by atoms with Gasteiger partial charge in [0.1, 0.15) is 18.1 Å². The van der Waals surface area contributed by atoms with Gasteiger partial charge in [-0.3, -0.25) is 19.2 Å². The number of methoxy groups -OCH3 is 1. The Morgan fingerprint density at radius 1 is 0.974 bits per heavy atom. The van der Waals surface area contributed by atoms with Crippen LogP contribution in [0.1, 0.15) is 33.6 Å². The van der Waals surface area contributed by atoms with E-state index in [1.54, 1.807) is 7.11 Å². The molecule has 1 rings (SSSR count). The lowest BCUT2D eigenvalue weighted by atomic mass is 10.0. The summed E-state index contributed by atoms with van der Waals surface area (Å²) in [5.74, 6) is -1.44. The fourth-order valence-corrected chi connectivity index (χ4v) is 3.34. The van der Waals surface area contributed by atoms with Crippen LogP contribution in [0.25, 0.3) is 0 Å². The van der Waals surface area contributed by atoms with Crippen LogP contribution in [0.5, 0.6) is 5.75 Å². The number of nitrogens with one attached hydrogen (secondary N) is 2. The van der Waals surface area contributed by atoms with Crippen LogP contribution < -0.4 is 15.4 Å². The molecule has 0 aliphatic carbocycles. The van der Waals surface area contributed by atoms with Crippen LogP contribution in [0.15, 0.2) is 18.2 Å². The zero-order chi connectivity index (χ0) is 28.9. The van der Waals surface area contributed by atoms with E-state index in [0.29, 0.717) is 52.2 Å². The van der Waals surface area contributed by atoms with E-state index in [9.17, 15) is 24.0 Å². The summed E-state index contributed by atoms with van der Waals surface area (Å²) in [5, 5.41) is 5.10. The van der Waals surface area contributed by atoms with Crippen molar-refractivity contribution < 1.29 is 47.7 Å². The van der Waals surface area contributed by atoms with Crippen LogP contribution in [0.3, 0.4) is 0 Å². The lowest BCUT2D eigenvalue weighted by Gasteiger charge is -2.27. The second kappa shape index (κ2) is 20.6. The van der Waals surface area contributed by atoms with Crippen molar-refractivity contribution in [1.29, 1.82) is 0 Å². The first-order valence-electron chi connectivity index (χ1n) is 12.5. The molecule has 0 saturated carbocycles. The van der Waals surface area contributed by atoms with E-state index < -0.39 is 23.8 Å². The average molecular weight is 554 g/mol. The molecule has 0 aromatic heterocycles. The summed E-state index contributed by atoms with van der Waals surface area (Å²) in [6.45, 7) is 2.84. The van der Waals surface area contributed by atoms with E-state index in [4.69, 9.17) is 23.7 Å². The maximum Gasteiger partial charge on any atom is 0.258 e. The van der Waals surface area contributed by atoms with E-state index in [0.717, 1.165) is 0 Å². The number of amides is 3. The van der Waals surface area contributed by atoms with Crippen molar-refractivity contribution in [3.8, 4) is 5.75 Å². The van der Waals surface area contributed by atoms with Gasteiger partial charge < -0.3 is 44.0 Å². The Morgan fingerprint density at radius 2 is 1.62 bits per heavy atom. The number of ether oxygens (including phenoxy) is 5. The van der Waals surface area contributed by atoms with Gasteiger partial charge in [-0.2, -0.15) is 0 Å². The third-order valence-electron chi connectivity index (χ3n) is 5.41. The Morgan fingerprint density at radius 3 is 2.21 bits per heavy atom. The van der Waals surface area contributed by atoms with Gasteiger partial charge in [-0.25, -0.2) is 0 Å². The van der Waals surface area contributed by atoms with Crippen LogP contribution in [0, 0.1) is 0 Å². The summed E-state index contributed by atoms with van der Waals surface area (Å²) >= 11 is 0. The molecule has 2 N–H and O–H groups in total. The summed E-state index contributed by atoms with van der Waals surface area (Å²) in [6, 6.07) is 3.48. The summed E-state index contributed by atoms with van der Waals surface area (Å²) in [5.41, 5.74) is -0.0526. The minimum Gasteiger partial charge on any atom is -0.483 e. The number of hydrogen-bond acceptors (Lipinski definition) is 10. The van der Waals surface area contributed by atoms with Gasteiger partial charge >= 0.3 is 0 Å². The van der Waals surface area contributed by atoms with E-state index >= 15 is 0 Å². The molecule has 0 saturated heterocycles. The maximum atomic E-state index is 13.1. The molecule has 218 valence electrons. The number of benzene rings is 1. The molecule has 0 spiro atoms. The lowest BCUT2D eigenvalue weighted by molar-refractivity contribution is -0.125. The third kappa shape index (κ3) is 12.8. The number of hydrogen-bond donors (Lipinski definition) is 2. The zero-order valence-electron chi connectivity index (χ0n) is 22.8. The van der Waals surface area contributed by atoms with Crippen LogP contribution in [0.4, 0.5) is 0 Å². The topological polar surface area (TPSA) is 159 Å². The predicted octanol–water partition coefficient (Wildman–Crippen LogP) is -0.144. The first-order valence-corrected chi connectivity index (χ1v) is 12.5. The first kappa shape index (κ1) is 33.6. The van der Waals surface area contributed by atoms with Gasteiger partial charge in [-0.15, -0.1) is 0 Å². The Labute approximate surface area is 228 Å². The minimum absolute atomic E-state index is 0.00238.